The Hall–Kier alpha value is -2.36. The number of hydrogen-bond acceptors (Lipinski definition) is 4. The van der Waals surface area contributed by atoms with E-state index in [0.717, 1.165) is 33.2 Å². The highest BCUT2D eigenvalue weighted by Gasteiger charge is 2.15. The summed E-state index contributed by atoms with van der Waals surface area (Å²) in [4.78, 5) is 9.14. The Balaban J connectivity index is 2.61. The summed E-state index contributed by atoms with van der Waals surface area (Å²) in [5, 5.41) is 1.87. The van der Waals surface area contributed by atoms with Gasteiger partial charge in [0.1, 0.15) is 5.52 Å². The zero-order chi connectivity index (χ0) is 13.6. The number of anilines is 1. The van der Waals surface area contributed by atoms with Crippen LogP contribution in [0.15, 0.2) is 24.3 Å². The van der Waals surface area contributed by atoms with Crippen LogP contribution in [0.25, 0.3) is 21.8 Å². The Labute approximate surface area is 111 Å². The van der Waals surface area contributed by atoms with Crippen molar-refractivity contribution in [3.05, 3.63) is 35.7 Å². The smallest absolute Gasteiger partial charge is 0.168 e. The molecule has 0 amide bonds. The SMILES string of the molecule is COc1c(N)c2ccc(C)nc2c2ccc(C)nc12. The minimum absolute atomic E-state index is 0.593. The van der Waals surface area contributed by atoms with Crippen LogP contribution in [-0.4, -0.2) is 17.1 Å². The van der Waals surface area contributed by atoms with Gasteiger partial charge < -0.3 is 10.5 Å². The maximum absolute atomic E-state index is 6.19. The first-order valence-electron chi connectivity index (χ1n) is 6.12. The molecule has 0 unspecified atom stereocenters. The summed E-state index contributed by atoms with van der Waals surface area (Å²) in [5.74, 6) is 0.622. The maximum Gasteiger partial charge on any atom is 0.168 e. The van der Waals surface area contributed by atoms with Crippen LogP contribution in [0.4, 0.5) is 5.69 Å². The highest BCUT2D eigenvalue weighted by molar-refractivity contribution is 6.13. The molecule has 0 spiro atoms. The first-order valence-corrected chi connectivity index (χ1v) is 6.12. The summed E-state index contributed by atoms with van der Waals surface area (Å²) in [6.45, 7) is 3.91. The summed E-state index contributed by atoms with van der Waals surface area (Å²) in [7, 11) is 1.61. The standard InChI is InChI=1S/C15H15N3O/c1-8-4-6-10-12(16)15(19-3)14-11(13(10)17-8)7-5-9(2)18-14/h4-7H,16H2,1-3H3. The fraction of sp³-hybridized carbons (Fsp3) is 0.200. The summed E-state index contributed by atoms with van der Waals surface area (Å²) in [6.07, 6.45) is 0. The lowest BCUT2D eigenvalue weighted by molar-refractivity contribution is 0.421. The molecule has 0 fully saturated rings. The molecule has 96 valence electrons. The van der Waals surface area contributed by atoms with Crippen molar-refractivity contribution in [2.24, 2.45) is 0 Å². The average molecular weight is 253 g/mol. The molecular formula is C15H15N3O. The van der Waals surface area contributed by atoms with Gasteiger partial charge in [0.2, 0.25) is 0 Å². The largest absolute Gasteiger partial charge is 0.492 e. The molecule has 2 aromatic heterocycles. The number of aromatic nitrogens is 2. The molecular weight excluding hydrogens is 238 g/mol. The summed E-state index contributed by atoms with van der Waals surface area (Å²) in [5.41, 5.74) is 10.3. The average Bonchev–Trinajstić information content (AvgIpc) is 2.39. The van der Waals surface area contributed by atoms with Gasteiger partial charge in [-0.1, -0.05) is 0 Å². The first-order chi connectivity index (χ1) is 9.11. The number of fused-ring (bicyclic) bond motifs is 3. The van der Waals surface area contributed by atoms with Gasteiger partial charge in [0.25, 0.3) is 0 Å². The van der Waals surface area contributed by atoms with Crippen molar-refractivity contribution in [2.45, 2.75) is 13.8 Å². The van der Waals surface area contributed by atoms with Crippen LogP contribution in [0.3, 0.4) is 0 Å². The maximum atomic E-state index is 6.19. The number of benzene rings is 1. The van der Waals surface area contributed by atoms with Gasteiger partial charge >= 0.3 is 0 Å². The highest BCUT2D eigenvalue weighted by Crippen LogP contribution is 2.38. The van der Waals surface area contributed by atoms with Crippen molar-refractivity contribution in [1.29, 1.82) is 0 Å². The molecule has 19 heavy (non-hydrogen) atoms. The van der Waals surface area contributed by atoms with Crippen LogP contribution in [0.2, 0.25) is 0 Å². The Morgan fingerprint density at radius 1 is 0.895 bits per heavy atom. The zero-order valence-corrected chi connectivity index (χ0v) is 11.2. The third kappa shape index (κ3) is 1.68. The summed E-state index contributed by atoms with van der Waals surface area (Å²) >= 11 is 0. The van der Waals surface area contributed by atoms with E-state index in [1.54, 1.807) is 7.11 Å². The van der Waals surface area contributed by atoms with E-state index in [1.165, 1.54) is 0 Å². The van der Waals surface area contributed by atoms with Crippen molar-refractivity contribution in [3.63, 3.8) is 0 Å². The second-order valence-corrected chi connectivity index (χ2v) is 4.64. The van der Waals surface area contributed by atoms with Gasteiger partial charge in [0.05, 0.1) is 18.3 Å². The van der Waals surface area contributed by atoms with Crippen LogP contribution < -0.4 is 10.5 Å². The van der Waals surface area contributed by atoms with E-state index < -0.39 is 0 Å². The minimum Gasteiger partial charge on any atom is -0.492 e. The second kappa shape index (κ2) is 4.09. The van der Waals surface area contributed by atoms with Crippen molar-refractivity contribution >= 4 is 27.5 Å². The van der Waals surface area contributed by atoms with Gasteiger partial charge in [-0.2, -0.15) is 0 Å². The lowest BCUT2D eigenvalue weighted by atomic mass is 10.1. The lowest BCUT2D eigenvalue weighted by Gasteiger charge is -2.12. The molecule has 4 heteroatoms. The molecule has 3 aromatic rings. The Kier molecular flexibility index (Phi) is 2.52. The van der Waals surface area contributed by atoms with Crippen molar-refractivity contribution in [1.82, 2.24) is 9.97 Å². The molecule has 0 radical (unpaired) electrons. The first kappa shape index (κ1) is 11.7. The summed E-state index contributed by atoms with van der Waals surface area (Å²) < 4.78 is 5.44. The number of pyridine rings is 2. The Morgan fingerprint density at radius 3 is 2.11 bits per heavy atom. The van der Waals surface area contributed by atoms with Gasteiger partial charge in [-0.25, -0.2) is 4.98 Å². The third-order valence-corrected chi connectivity index (χ3v) is 3.28. The number of aryl methyl sites for hydroxylation is 2. The predicted molar refractivity (Wildman–Crippen MR) is 77.5 cm³/mol. The number of hydrogen-bond donors (Lipinski definition) is 1. The van der Waals surface area contributed by atoms with E-state index in [-0.39, 0.29) is 0 Å². The number of nitrogens with zero attached hydrogens (tertiary/aromatic N) is 2. The number of rotatable bonds is 1. The molecule has 2 heterocycles. The molecule has 4 nitrogen and oxygen atoms in total. The van der Waals surface area contributed by atoms with Crippen molar-refractivity contribution in [3.8, 4) is 5.75 Å². The molecule has 0 atom stereocenters. The second-order valence-electron chi connectivity index (χ2n) is 4.64. The predicted octanol–water partition coefficient (Wildman–Crippen LogP) is 2.99. The molecule has 0 aliphatic heterocycles. The highest BCUT2D eigenvalue weighted by atomic mass is 16.5. The van der Waals surface area contributed by atoms with Gasteiger partial charge in [-0.15, -0.1) is 0 Å². The van der Waals surface area contributed by atoms with Gasteiger partial charge in [-0.05, 0) is 38.1 Å². The monoisotopic (exact) mass is 253 g/mol. The third-order valence-electron chi connectivity index (χ3n) is 3.28. The molecule has 0 aliphatic rings. The van der Waals surface area contributed by atoms with E-state index in [2.05, 4.69) is 9.97 Å². The molecule has 1 aromatic carbocycles. The normalized spacial score (nSPS) is 11.1. The number of methoxy groups -OCH3 is 1. The fourth-order valence-corrected chi connectivity index (χ4v) is 2.36. The molecule has 2 N–H and O–H groups in total. The minimum atomic E-state index is 0.593. The van der Waals surface area contributed by atoms with Gasteiger partial charge in [0.15, 0.2) is 5.75 Å². The van der Waals surface area contributed by atoms with Crippen LogP contribution in [0, 0.1) is 13.8 Å². The Morgan fingerprint density at radius 2 is 1.47 bits per heavy atom. The number of nitrogen functional groups attached to an aromatic ring is 1. The van der Waals surface area contributed by atoms with Crippen molar-refractivity contribution in [2.75, 3.05) is 12.8 Å². The van der Waals surface area contributed by atoms with Crippen molar-refractivity contribution < 1.29 is 4.74 Å². The topological polar surface area (TPSA) is 61.0 Å². The van der Waals surface area contributed by atoms with Crippen LogP contribution in [0.1, 0.15) is 11.4 Å². The van der Waals surface area contributed by atoms with E-state index >= 15 is 0 Å². The molecule has 0 saturated heterocycles. The molecule has 3 rings (SSSR count). The van der Waals surface area contributed by atoms with E-state index in [9.17, 15) is 0 Å². The van der Waals surface area contributed by atoms with Gasteiger partial charge in [-0.3, -0.25) is 4.98 Å². The van der Waals surface area contributed by atoms with E-state index in [1.807, 2.05) is 38.1 Å². The van der Waals surface area contributed by atoms with Crippen LogP contribution >= 0.6 is 0 Å². The molecule has 0 aliphatic carbocycles. The molecule has 0 saturated carbocycles. The van der Waals surface area contributed by atoms with Gasteiger partial charge in [0, 0.05) is 22.2 Å². The van der Waals surface area contributed by atoms with E-state index in [0.29, 0.717) is 11.4 Å². The fourth-order valence-electron chi connectivity index (χ4n) is 2.36. The quantitative estimate of drug-likeness (QED) is 0.535. The number of nitrogens with two attached hydrogens (primary N) is 1. The zero-order valence-electron chi connectivity index (χ0n) is 11.2. The molecule has 0 bridgehead atoms. The Bertz CT molecular complexity index is 796. The van der Waals surface area contributed by atoms with Crippen LogP contribution in [0.5, 0.6) is 5.75 Å². The summed E-state index contributed by atoms with van der Waals surface area (Å²) in [6, 6.07) is 7.93. The van der Waals surface area contributed by atoms with E-state index in [4.69, 9.17) is 10.5 Å². The van der Waals surface area contributed by atoms with Crippen LogP contribution in [-0.2, 0) is 0 Å². The number of ether oxygens (including phenoxy) is 1. The lowest BCUT2D eigenvalue weighted by Crippen LogP contribution is -1.99.